The van der Waals surface area contributed by atoms with Gasteiger partial charge in [0.05, 0.1) is 5.60 Å². The number of hydrogen-bond donors (Lipinski definition) is 3. The van der Waals surface area contributed by atoms with Gasteiger partial charge in [-0.1, -0.05) is 31.4 Å². The van der Waals surface area contributed by atoms with Crippen molar-refractivity contribution in [3.05, 3.63) is 29.8 Å². The van der Waals surface area contributed by atoms with E-state index >= 15 is 0 Å². The average molecular weight is 376 g/mol. The number of hydrogen-bond acceptors (Lipinski definition) is 4. The number of nitrogens with zero attached hydrogens (tertiary/aromatic N) is 1. The fourth-order valence-electron chi connectivity index (χ4n) is 3.53. The van der Waals surface area contributed by atoms with E-state index in [2.05, 4.69) is 5.32 Å². The Morgan fingerprint density at radius 2 is 1.85 bits per heavy atom. The summed E-state index contributed by atoms with van der Waals surface area (Å²) in [4.78, 5) is 25.2. The van der Waals surface area contributed by atoms with Crippen molar-refractivity contribution in [3.8, 4) is 0 Å². The SMILES string of the molecule is CC(C)(C)N(CCC(=O)c1cccc(NCC2(O)CCCCC2)c1)C(=O)O. The van der Waals surface area contributed by atoms with Gasteiger partial charge in [-0.15, -0.1) is 0 Å². The Morgan fingerprint density at radius 1 is 1.19 bits per heavy atom. The predicted octanol–water partition coefficient (Wildman–Crippen LogP) is 4.15. The molecule has 1 aliphatic rings. The van der Waals surface area contributed by atoms with Crippen molar-refractivity contribution in [1.82, 2.24) is 4.90 Å². The average Bonchev–Trinajstić information content (AvgIpc) is 2.59. The molecule has 0 spiro atoms. The summed E-state index contributed by atoms with van der Waals surface area (Å²) in [6.07, 6.45) is 3.99. The van der Waals surface area contributed by atoms with Gasteiger partial charge in [0.15, 0.2) is 5.78 Å². The first-order chi connectivity index (χ1) is 12.6. The molecule has 6 heteroatoms. The number of benzene rings is 1. The highest BCUT2D eigenvalue weighted by Crippen LogP contribution is 2.28. The van der Waals surface area contributed by atoms with Crippen LogP contribution in [0.4, 0.5) is 10.5 Å². The maximum absolute atomic E-state index is 12.5. The van der Waals surface area contributed by atoms with Gasteiger partial charge in [0, 0.05) is 36.3 Å². The summed E-state index contributed by atoms with van der Waals surface area (Å²) in [5.41, 5.74) is 0.124. The number of rotatable bonds is 7. The zero-order valence-corrected chi connectivity index (χ0v) is 16.6. The number of Topliss-reactive ketones (excluding diaryl/α,β-unsaturated/α-hetero) is 1. The molecule has 0 unspecified atom stereocenters. The van der Waals surface area contributed by atoms with Crippen molar-refractivity contribution in [2.24, 2.45) is 0 Å². The lowest BCUT2D eigenvalue weighted by Gasteiger charge is -2.33. The van der Waals surface area contributed by atoms with Crippen molar-refractivity contribution in [2.75, 3.05) is 18.4 Å². The van der Waals surface area contributed by atoms with Gasteiger partial charge in [-0.2, -0.15) is 0 Å². The van der Waals surface area contributed by atoms with Crippen LogP contribution >= 0.6 is 0 Å². The lowest BCUT2D eigenvalue weighted by atomic mass is 9.85. The second-order valence-electron chi connectivity index (χ2n) is 8.50. The predicted molar refractivity (Wildman–Crippen MR) is 106 cm³/mol. The van der Waals surface area contributed by atoms with Gasteiger partial charge in [0.1, 0.15) is 0 Å². The second kappa shape index (κ2) is 8.74. The van der Waals surface area contributed by atoms with E-state index < -0.39 is 17.2 Å². The Hall–Kier alpha value is -2.08. The van der Waals surface area contributed by atoms with E-state index in [1.807, 2.05) is 26.8 Å². The van der Waals surface area contributed by atoms with E-state index in [9.17, 15) is 19.8 Å². The van der Waals surface area contributed by atoms with Crippen LogP contribution < -0.4 is 5.32 Å². The smallest absolute Gasteiger partial charge is 0.407 e. The lowest BCUT2D eigenvalue weighted by molar-refractivity contribution is 0.0167. The largest absolute Gasteiger partial charge is 0.465 e. The zero-order chi connectivity index (χ0) is 20.1. The Labute approximate surface area is 161 Å². The number of carboxylic acid groups (broad SMARTS) is 1. The Morgan fingerprint density at radius 3 is 2.44 bits per heavy atom. The molecule has 1 aromatic rings. The Bertz CT molecular complexity index is 660. The molecule has 27 heavy (non-hydrogen) atoms. The number of aliphatic hydroxyl groups is 1. The van der Waals surface area contributed by atoms with Crippen molar-refractivity contribution < 1.29 is 19.8 Å². The third kappa shape index (κ3) is 6.24. The van der Waals surface area contributed by atoms with E-state index in [1.165, 1.54) is 11.3 Å². The van der Waals surface area contributed by atoms with Gasteiger partial charge in [0.25, 0.3) is 0 Å². The minimum atomic E-state index is -1.02. The Kier molecular flexibility index (Phi) is 6.87. The summed E-state index contributed by atoms with van der Waals surface area (Å²) in [5, 5.41) is 23.2. The van der Waals surface area contributed by atoms with E-state index in [0.717, 1.165) is 31.4 Å². The summed E-state index contributed by atoms with van der Waals surface area (Å²) in [6, 6.07) is 7.20. The molecule has 1 aliphatic carbocycles. The third-order valence-electron chi connectivity index (χ3n) is 5.19. The molecule has 0 aromatic heterocycles. The number of carbonyl (C=O) groups is 2. The lowest BCUT2D eigenvalue weighted by Crippen LogP contribution is -2.45. The van der Waals surface area contributed by atoms with Crippen LogP contribution in [0.3, 0.4) is 0 Å². The summed E-state index contributed by atoms with van der Waals surface area (Å²) in [6.45, 7) is 6.07. The van der Waals surface area contributed by atoms with Gasteiger partial charge >= 0.3 is 6.09 Å². The number of ketones is 1. The number of amides is 1. The molecule has 2 rings (SSSR count). The number of nitrogens with one attached hydrogen (secondary N) is 1. The molecular weight excluding hydrogens is 344 g/mol. The van der Waals surface area contributed by atoms with Crippen LogP contribution in [0, 0.1) is 0 Å². The monoisotopic (exact) mass is 376 g/mol. The van der Waals surface area contributed by atoms with Gasteiger partial charge in [-0.3, -0.25) is 4.79 Å². The summed E-state index contributed by atoms with van der Waals surface area (Å²) < 4.78 is 0. The van der Waals surface area contributed by atoms with Crippen molar-refractivity contribution in [3.63, 3.8) is 0 Å². The molecule has 3 N–H and O–H groups in total. The molecule has 1 saturated carbocycles. The summed E-state index contributed by atoms with van der Waals surface area (Å²) >= 11 is 0. The van der Waals surface area contributed by atoms with Crippen LogP contribution in [-0.2, 0) is 0 Å². The van der Waals surface area contributed by atoms with Crippen LogP contribution in [0.15, 0.2) is 24.3 Å². The van der Waals surface area contributed by atoms with E-state index in [4.69, 9.17) is 0 Å². The van der Waals surface area contributed by atoms with Crippen LogP contribution in [0.2, 0.25) is 0 Å². The van der Waals surface area contributed by atoms with Crippen LogP contribution in [0.25, 0.3) is 0 Å². The highest BCUT2D eigenvalue weighted by atomic mass is 16.4. The van der Waals surface area contributed by atoms with Crippen molar-refractivity contribution >= 4 is 17.6 Å². The fourth-order valence-corrected chi connectivity index (χ4v) is 3.53. The first-order valence-corrected chi connectivity index (χ1v) is 9.71. The quantitative estimate of drug-likeness (QED) is 0.622. The van der Waals surface area contributed by atoms with Gasteiger partial charge in [-0.05, 0) is 45.7 Å². The minimum absolute atomic E-state index is 0.0921. The number of anilines is 1. The molecule has 1 aromatic carbocycles. The molecule has 0 bridgehead atoms. The highest BCUT2D eigenvalue weighted by Gasteiger charge is 2.29. The molecule has 1 fully saturated rings. The topological polar surface area (TPSA) is 89.9 Å². The molecule has 0 radical (unpaired) electrons. The fraction of sp³-hybridized carbons (Fsp3) is 0.619. The molecule has 0 aliphatic heterocycles. The highest BCUT2D eigenvalue weighted by molar-refractivity contribution is 5.97. The first kappa shape index (κ1) is 21.2. The standard InChI is InChI=1S/C21H32N2O4/c1-20(2,3)23(19(25)26)13-10-18(24)16-8-7-9-17(14-16)22-15-21(27)11-5-4-6-12-21/h7-9,14,22,27H,4-6,10-13,15H2,1-3H3,(H,25,26). The maximum atomic E-state index is 12.5. The van der Waals surface area contributed by atoms with Crippen molar-refractivity contribution in [2.45, 2.75) is 70.4 Å². The van der Waals surface area contributed by atoms with E-state index in [-0.39, 0.29) is 18.7 Å². The zero-order valence-electron chi connectivity index (χ0n) is 16.6. The molecule has 150 valence electrons. The van der Waals surface area contributed by atoms with Gasteiger partial charge < -0.3 is 20.4 Å². The summed E-state index contributed by atoms with van der Waals surface area (Å²) in [5.74, 6) is -0.0921. The first-order valence-electron chi connectivity index (χ1n) is 9.71. The second-order valence-corrected chi connectivity index (χ2v) is 8.50. The van der Waals surface area contributed by atoms with Crippen LogP contribution in [0.5, 0.6) is 0 Å². The summed E-state index contributed by atoms with van der Waals surface area (Å²) in [7, 11) is 0. The third-order valence-corrected chi connectivity index (χ3v) is 5.19. The maximum Gasteiger partial charge on any atom is 0.407 e. The molecule has 0 saturated heterocycles. The normalized spacial score (nSPS) is 16.6. The molecular formula is C21H32N2O4. The molecule has 0 atom stereocenters. The van der Waals surface area contributed by atoms with E-state index in [1.54, 1.807) is 18.2 Å². The molecule has 0 heterocycles. The molecule has 6 nitrogen and oxygen atoms in total. The molecule has 1 amide bonds. The minimum Gasteiger partial charge on any atom is -0.465 e. The van der Waals surface area contributed by atoms with Crippen LogP contribution in [-0.4, -0.2) is 51.2 Å². The van der Waals surface area contributed by atoms with Crippen LogP contribution in [0.1, 0.15) is 69.7 Å². The number of carbonyl (C=O) groups excluding carboxylic acids is 1. The Balaban J connectivity index is 1.95. The van der Waals surface area contributed by atoms with Gasteiger partial charge in [0.2, 0.25) is 0 Å². The van der Waals surface area contributed by atoms with Gasteiger partial charge in [-0.25, -0.2) is 4.79 Å². The van der Waals surface area contributed by atoms with E-state index in [0.29, 0.717) is 12.1 Å². The van der Waals surface area contributed by atoms with Crippen molar-refractivity contribution in [1.29, 1.82) is 0 Å².